The van der Waals surface area contributed by atoms with Gasteiger partial charge in [0.1, 0.15) is 0 Å². The van der Waals surface area contributed by atoms with E-state index in [1.165, 1.54) is 0 Å². The number of aliphatic hydroxyl groups excluding tert-OH is 2. The van der Waals surface area contributed by atoms with Gasteiger partial charge >= 0.3 is 12.0 Å². The van der Waals surface area contributed by atoms with E-state index in [9.17, 15) is 14.7 Å². The smallest absolute Gasteiger partial charge is 0.332 e. The molecular formula is C12H22N2O5. The summed E-state index contributed by atoms with van der Waals surface area (Å²) < 4.78 is 0. The molecule has 4 N–H and O–H groups in total. The minimum Gasteiger partial charge on any atom is -0.479 e. The summed E-state index contributed by atoms with van der Waals surface area (Å²) in [6.07, 6.45) is 2.23. The molecule has 0 spiro atoms. The maximum Gasteiger partial charge on any atom is 0.332 e. The van der Waals surface area contributed by atoms with Crippen molar-refractivity contribution in [1.29, 1.82) is 0 Å². The van der Waals surface area contributed by atoms with Crippen LogP contribution in [-0.2, 0) is 4.79 Å². The van der Waals surface area contributed by atoms with Gasteiger partial charge in [0.2, 0.25) is 0 Å². The summed E-state index contributed by atoms with van der Waals surface area (Å²) in [6, 6.07) is -0.481. The monoisotopic (exact) mass is 274 g/mol. The Bertz CT molecular complexity index is 310. The topological polar surface area (TPSA) is 110 Å². The number of likely N-dealkylation sites (tertiary alicyclic amines) is 1. The van der Waals surface area contributed by atoms with Gasteiger partial charge in [-0.2, -0.15) is 0 Å². The number of urea groups is 1. The molecule has 7 nitrogen and oxygen atoms in total. The van der Waals surface area contributed by atoms with Gasteiger partial charge in [0.25, 0.3) is 0 Å². The summed E-state index contributed by atoms with van der Waals surface area (Å²) in [6.45, 7) is 0.630. The fourth-order valence-electron chi connectivity index (χ4n) is 2.18. The second kappa shape index (κ2) is 7.96. The Labute approximate surface area is 112 Å². The average Bonchev–Trinajstić information content (AvgIpc) is 2.63. The predicted molar refractivity (Wildman–Crippen MR) is 67.7 cm³/mol. The summed E-state index contributed by atoms with van der Waals surface area (Å²) >= 11 is 0. The first-order valence-corrected chi connectivity index (χ1v) is 6.62. The van der Waals surface area contributed by atoms with Gasteiger partial charge in [-0.15, -0.1) is 0 Å². The van der Waals surface area contributed by atoms with Crippen molar-refractivity contribution in [3.8, 4) is 0 Å². The van der Waals surface area contributed by atoms with Crippen LogP contribution in [0.3, 0.4) is 0 Å². The predicted octanol–water partition coefficient (Wildman–Crippen LogP) is -0.231. The molecule has 1 rings (SSSR count). The maximum atomic E-state index is 11.9. The second-order valence-corrected chi connectivity index (χ2v) is 4.75. The molecule has 1 saturated heterocycles. The van der Waals surface area contributed by atoms with Crippen LogP contribution in [0.1, 0.15) is 32.1 Å². The zero-order valence-electron chi connectivity index (χ0n) is 10.9. The standard InChI is InChI=1S/C12H22N2O5/c15-8-9-4-2-1-3-7-14(9)12(19)13-6-5-10(16)11(17)18/h9-10,15-16H,1-8H2,(H,13,19)(H,17,18)/t9?,10-/m0/s1. The molecule has 2 amide bonds. The number of aliphatic hydroxyl groups is 2. The molecule has 1 fully saturated rings. The van der Waals surface area contributed by atoms with Crippen molar-refractivity contribution < 1.29 is 24.9 Å². The van der Waals surface area contributed by atoms with E-state index in [2.05, 4.69) is 5.32 Å². The summed E-state index contributed by atoms with van der Waals surface area (Å²) in [7, 11) is 0. The van der Waals surface area contributed by atoms with Crippen molar-refractivity contribution in [2.75, 3.05) is 19.7 Å². The number of nitrogens with zero attached hydrogens (tertiary/aromatic N) is 1. The van der Waals surface area contributed by atoms with Crippen LogP contribution in [0, 0.1) is 0 Å². The molecule has 0 aromatic heterocycles. The lowest BCUT2D eigenvalue weighted by Gasteiger charge is -2.28. The number of carboxylic acids is 1. The molecule has 0 radical (unpaired) electrons. The van der Waals surface area contributed by atoms with Crippen molar-refractivity contribution in [1.82, 2.24) is 10.2 Å². The first-order valence-electron chi connectivity index (χ1n) is 6.62. The Morgan fingerprint density at radius 3 is 2.68 bits per heavy atom. The number of rotatable bonds is 5. The van der Waals surface area contributed by atoms with E-state index in [1.807, 2.05) is 0 Å². The highest BCUT2D eigenvalue weighted by atomic mass is 16.4. The summed E-state index contributed by atoms with van der Waals surface area (Å²) in [5.74, 6) is -1.29. The minimum absolute atomic E-state index is 0.0291. The highest BCUT2D eigenvalue weighted by Gasteiger charge is 2.24. The third kappa shape index (κ3) is 5.04. The molecule has 1 heterocycles. The van der Waals surface area contributed by atoms with E-state index in [4.69, 9.17) is 10.2 Å². The van der Waals surface area contributed by atoms with Crippen molar-refractivity contribution in [2.45, 2.75) is 44.2 Å². The van der Waals surface area contributed by atoms with E-state index in [1.54, 1.807) is 4.90 Å². The molecule has 110 valence electrons. The van der Waals surface area contributed by atoms with E-state index in [0.717, 1.165) is 25.7 Å². The Hall–Kier alpha value is -1.34. The largest absolute Gasteiger partial charge is 0.479 e. The normalized spacial score (nSPS) is 21.6. The quantitative estimate of drug-likeness (QED) is 0.553. The van der Waals surface area contributed by atoms with E-state index in [-0.39, 0.29) is 31.6 Å². The molecule has 2 atom stereocenters. The third-order valence-corrected chi connectivity index (χ3v) is 3.33. The fourth-order valence-corrected chi connectivity index (χ4v) is 2.18. The Balaban J connectivity index is 2.39. The summed E-state index contributed by atoms with van der Waals surface area (Å²) in [5.41, 5.74) is 0. The van der Waals surface area contributed by atoms with Crippen LogP contribution < -0.4 is 5.32 Å². The Morgan fingerprint density at radius 2 is 2.05 bits per heavy atom. The minimum atomic E-state index is -1.46. The van der Waals surface area contributed by atoms with Gasteiger partial charge in [-0.3, -0.25) is 0 Å². The van der Waals surface area contributed by atoms with Crippen LogP contribution in [0.2, 0.25) is 0 Å². The molecule has 0 bridgehead atoms. The third-order valence-electron chi connectivity index (χ3n) is 3.33. The summed E-state index contributed by atoms with van der Waals surface area (Å²) in [5, 5.41) is 29.5. The molecular weight excluding hydrogens is 252 g/mol. The van der Waals surface area contributed by atoms with Gasteiger partial charge in [0.15, 0.2) is 6.10 Å². The van der Waals surface area contributed by atoms with E-state index >= 15 is 0 Å². The average molecular weight is 274 g/mol. The van der Waals surface area contributed by atoms with Crippen LogP contribution in [0.15, 0.2) is 0 Å². The van der Waals surface area contributed by atoms with Gasteiger partial charge in [-0.05, 0) is 12.8 Å². The fraction of sp³-hybridized carbons (Fsp3) is 0.833. The molecule has 1 unspecified atom stereocenters. The van der Waals surface area contributed by atoms with Crippen LogP contribution in [0.4, 0.5) is 4.79 Å². The zero-order chi connectivity index (χ0) is 14.3. The Kier molecular flexibility index (Phi) is 6.58. The lowest BCUT2D eigenvalue weighted by atomic mass is 10.1. The molecule has 0 aliphatic carbocycles. The SMILES string of the molecule is O=C(O)[C@@H](O)CCNC(=O)N1CCCCCC1CO. The number of hydrogen-bond donors (Lipinski definition) is 4. The number of amides is 2. The molecule has 0 aromatic carbocycles. The number of carboxylic acid groups (broad SMARTS) is 1. The van der Waals surface area contributed by atoms with Gasteiger partial charge in [0.05, 0.1) is 12.6 Å². The van der Waals surface area contributed by atoms with Crippen molar-refractivity contribution in [2.24, 2.45) is 0 Å². The maximum absolute atomic E-state index is 11.9. The van der Waals surface area contributed by atoms with Gasteiger partial charge in [-0.25, -0.2) is 9.59 Å². The molecule has 1 aliphatic rings. The number of nitrogens with one attached hydrogen (secondary N) is 1. The highest BCUT2D eigenvalue weighted by Crippen LogP contribution is 2.16. The van der Waals surface area contributed by atoms with Gasteiger partial charge in [-0.1, -0.05) is 12.8 Å². The Morgan fingerprint density at radius 1 is 1.32 bits per heavy atom. The molecule has 0 saturated carbocycles. The molecule has 0 aromatic rings. The zero-order valence-corrected chi connectivity index (χ0v) is 10.9. The van der Waals surface area contributed by atoms with Crippen molar-refractivity contribution in [3.05, 3.63) is 0 Å². The lowest BCUT2D eigenvalue weighted by Crippen LogP contribution is -2.48. The number of hydrogen-bond acceptors (Lipinski definition) is 4. The van der Waals surface area contributed by atoms with Crippen molar-refractivity contribution in [3.63, 3.8) is 0 Å². The first kappa shape index (κ1) is 15.7. The number of carbonyl (C=O) groups is 2. The van der Waals surface area contributed by atoms with Crippen LogP contribution in [0.25, 0.3) is 0 Å². The van der Waals surface area contributed by atoms with Gasteiger partial charge in [0, 0.05) is 19.5 Å². The number of aliphatic carboxylic acids is 1. The van der Waals surface area contributed by atoms with Crippen molar-refractivity contribution >= 4 is 12.0 Å². The lowest BCUT2D eigenvalue weighted by molar-refractivity contribution is -0.146. The van der Waals surface area contributed by atoms with Crippen LogP contribution in [0.5, 0.6) is 0 Å². The second-order valence-electron chi connectivity index (χ2n) is 4.75. The van der Waals surface area contributed by atoms with E-state index < -0.39 is 12.1 Å². The molecule has 19 heavy (non-hydrogen) atoms. The van der Waals surface area contributed by atoms with Crippen LogP contribution in [-0.4, -0.2) is 64.1 Å². The first-order chi connectivity index (χ1) is 9.06. The van der Waals surface area contributed by atoms with Gasteiger partial charge < -0.3 is 25.5 Å². The number of carbonyl (C=O) groups excluding carboxylic acids is 1. The van der Waals surface area contributed by atoms with Crippen LogP contribution >= 0.6 is 0 Å². The highest BCUT2D eigenvalue weighted by molar-refractivity contribution is 5.75. The summed E-state index contributed by atoms with van der Waals surface area (Å²) in [4.78, 5) is 24.0. The molecule has 1 aliphatic heterocycles. The molecule has 7 heteroatoms. The van der Waals surface area contributed by atoms with E-state index in [0.29, 0.717) is 6.54 Å².